The summed E-state index contributed by atoms with van der Waals surface area (Å²) in [5, 5.41) is 0. The molecular formula is C15H23BN4O2. The summed E-state index contributed by atoms with van der Waals surface area (Å²) in [6, 6.07) is 5.88. The van der Waals surface area contributed by atoms with Crippen LogP contribution in [-0.4, -0.2) is 36.2 Å². The quantitative estimate of drug-likeness (QED) is 0.751. The maximum absolute atomic E-state index is 6.17. The van der Waals surface area contributed by atoms with Gasteiger partial charge in [0.15, 0.2) is 5.96 Å². The summed E-state index contributed by atoms with van der Waals surface area (Å²) in [5.74, 6) is 0.408. The number of benzene rings is 1. The summed E-state index contributed by atoms with van der Waals surface area (Å²) < 4.78 is 12.1. The van der Waals surface area contributed by atoms with Crippen LogP contribution in [0.5, 0.6) is 0 Å². The third kappa shape index (κ3) is 2.20. The molecule has 22 heavy (non-hydrogen) atoms. The Labute approximate surface area is 131 Å². The molecule has 0 aromatic heterocycles. The summed E-state index contributed by atoms with van der Waals surface area (Å²) in [4.78, 5) is 6.16. The molecule has 0 spiro atoms. The monoisotopic (exact) mass is 302 g/mol. The van der Waals surface area contributed by atoms with Gasteiger partial charge in [-0.3, -0.25) is 0 Å². The topological polar surface area (TPSA) is 86.1 Å². The first-order valence-electron chi connectivity index (χ1n) is 7.44. The Morgan fingerprint density at radius 2 is 1.77 bits per heavy atom. The molecule has 3 rings (SSSR count). The van der Waals surface area contributed by atoms with Crippen LogP contribution in [0.15, 0.2) is 23.2 Å². The van der Waals surface area contributed by atoms with Crippen LogP contribution in [0.25, 0.3) is 0 Å². The van der Waals surface area contributed by atoms with Crippen molar-refractivity contribution >= 4 is 24.2 Å². The van der Waals surface area contributed by atoms with E-state index in [0.29, 0.717) is 5.96 Å². The zero-order valence-electron chi connectivity index (χ0n) is 13.8. The molecule has 0 amide bonds. The van der Waals surface area contributed by atoms with Gasteiger partial charge in [-0.25, -0.2) is 4.99 Å². The molecule has 1 unspecified atom stereocenters. The van der Waals surface area contributed by atoms with Crippen LogP contribution < -0.4 is 16.9 Å². The van der Waals surface area contributed by atoms with E-state index in [1.807, 2.05) is 52.9 Å². The number of fused-ring (bicyclic) bond motifs is 1. The summed E-state index contributed by atoms with van der Waals surface area (Å²) in [6.07, 6.45) is -0.292. The van der Waals surface area contributed by atoms with E-state index < -0.39 is 7.12 Å². The number of aliphatic imine (C=N–C) groups is 1. The lowest BCUT2D eigenvalue weighted by molar-refractivity contribution is 0.00578. The Bertz CT molecular complexity index is 628. The van der Waals surface area contributed by atoms with Crippen LogP contribution in [0.1, 0.15) is 39.4 Å². The van der Waals surface area contributed by atoms with Crippen LogP contribution in [0.2, 0.25) is 0 Å². The first-order valence-corrected chi connectivity index (χ1v) is 7.44. The van der Waals surface area contributed by atoms with Crippen molar-refractivity contribution in [2.75, 3.05) is 7.05 Å². The summed E-state index contributed by atoms with van der Waals surface area (Å²) >= 11 is 0. The van der Waals surface area contributed by atoms with Crippen molar-refractivity contribution in [3.8, 4) is 0 Å². The first-order chi connectivity index (χ1) is 10.1. The molecule has 0 radical (unpaired) electrons. The zero-order chi connectivity index (χ0) is 16.3. The molecule has 7 heteroatoms. The van der Waals surface area contributed by atoms with Crippen molar-refractivity contribution in [1.82, 2.24) is 4.90 Å². The van der Waals surface area contributed by atoms with Crippen molar-refractivity contribution in [1.29, 1.82) is 0 Å². The SMILES string of the molecule is CN1C(N)=Nc2cc(B3OC(C)(C)C(C)(C)O3)ccc2C1N. The smallest absolute Gasteiger partial charge is 0.399 e. The average Bonchev–Trinajstić information content (AvgIpc) is 2.64. The minimum Gasteiger partial charge on any atom is -0.399 e. The molecule has 1 aromatic rings. The van der Waals surface area contributed by atoms with Gasteiger partial charge in [-0.1, -0.05) is 12.1 Å². The Hall–Kier alpha value is -1.57. The molecule has 1 saturated heterocycles. The second kappa shape index (κ2) is 4.71. The van der Waals surface area contributed by atoms with Crippen LogP contribution in [0, 0.1) is 0 Å². The molecule has 1 atom stereocenters. The summed E-state index contributed by atoms with van der Waals surface area (Å²) in [5.41, 5.74) is 14.0. The van der Waals surface area contributed by atoms with Crippen molar-refractivity contribution in [3.05, 3.63) is 23.8 Å². The molecule has 0 saturated carbocycles. The van der Waals surface area contributed by atoms with E-state index in [4.69, 9.17) is 20.8 Å². The van der Waals surface area contributed by atoms with Gasteiger partial charge in [0.1, 0.15) is 6.17 Å². The molecule has 0 bridgehead atoms. The van der Waals surface area contributed by atoms with Crippen LogP contribution in [-0.2, 0) is 9.31 Å². The van der Waals surface area contributed by atoms with Gasteiger partial charge in [0, 0.05) is 12.6 Å². The van der Waals surface area contributed by atoms with Crippen molar-refractivity contribution in [2.24, 2.45) is 16.5 Å². The van der Waals surface area contributed by atoms with E-state index in [1.54, 1.807) is 4.90 Å². The van der Waals surface area contributed by atoms with Gasteiger partial charge >= 0.3 is 7.12 Å². The Morgan fingerprint density at radius 3 is 2.36 bits per heavy atom. The number of guanidine groups is 1. The molecule has 1 fully saturated rings. The molecular weight excluding hydrogens is 279 g/mol. The Morgan fingerprint density at radius 1 is 1.18 bits per heavy atom. The Balaban J connectivity index is 1.96. The lowest BCUT2D eigenvalue weighted by atomic mass is 9.78. The van der Waals surface area contributed by atoms with Crippen molar-refractivity contribution < 1.29 is 9.31 Å². The minimum absolute atomic E-state index is 0.292. The van der Waals surface area contributed by atoms with Gasteiger partial charge in [0.05, 0.1) is 16.9 Å². The highest BCUT2D eigenvalue weighted by molar-refractivity contribution is 6.62. The van der Waals surface area contributed by atoms with Crippen molar-refractivity contribution in [3.63, 3.8) is 0 Å². The fourth-order valence-corrected chi connectivity index (χ4v) is 2.59. The second-order valence-corrected chi connectivity index (χ2v) is 6.93. The van der Waals surface area contributed by atoms with Gasteiger partial charge < -0.3 is 25.7 Å². The number of hydrogen-bond acceptors (Lipinski definition) is 6. The number of hydrogen-bond donors (Lipinski definition) is 2. The predicted octanol–water partition coefficient (Wildman–Crippen LogP) is 0.835. The van der Waals surface area contributed by atoms with E-state index in [2.05, 4.69) is 4.99 Å². The first kappa shape index (κ1) is 15.3. The van der Waals surface area contributed by atoms with Crippen LogP contribution in [0.3, 0.4) is 0 Å². The average molecular weight is 302 g/mol. The maximum Gasteiger partial charge on any atom is 0.494 e. The van der Waals surface area contributed by atoms with E-state index >= 15 is 0 Å². The molecule has 6 nitrogen and oxygen atoms in total. The number of rotatable bonds is 1. The second-order valence-electron chi connectivity index (χ2n) is 6.93. The highest BCUT2D eigenvalue weighted by atomic mass is 16.7. The fraction of sp³-hybridized carbons (Fsp3) is 0.533. The summed E-state index contributed by atoms with van der Waals surface area (Å²) in [6.45, 7) is 8.14. The number of nitrogens with two attached hydrogens (primary N) is 2. The highest BCUT2D eigenvalue weighted by Crippen LogP contribution is 2.37. The van der Waals surface area contributed by atoms with Crippen LogP contribution >= 0.6 is 0 Å². The largest absolute Gasteiger partial charge is 0.494 e. The van der Waals surface area contributed by atoms with E-state index in [9.17, 15) is 0 Å². The number of nitrogens with zero attached hydrogens (tertiary/aromatic N) is 2. The lowest BCUT2D eigenvalue weighted by Crippen LogP contribution is -2.43. The normalized spacial score (nSPS) is 25.9. The highest BCUT2D eigenvalue weighted by Gasteiger charge is 2.51. The van der Waals surface area contributed by atoms with Gasteiger partial charge in [0.25, 0.3) is 0 Å². The predicted molar refractivity (Wildman–Crippen MR) is 88.1 cm³/mol. The maximum atomic E-state index is 6.17. The van der Waals surface area contributed by atoms with Gasteiger partial charge in [-0.2, -0.15) is 0 Å². The molecule has 1 aromatic carbocycles. The molecule has 118 valence electrons. The lowest BCUT2D eigenvalue weighted by Gasteiger charge is -2.32. The van der Waals surface area contributed by atoms with Gasteiger partial charge in [-0.15, -0.1) is 0 Å². The van der Waals surface area contributed by atoms with E-state index in [-0.39, 0.29) is 17.4 Å². The van der Waals surface area contributed by atoms with Gasteiger partial charge in [-0.05, 0) is 39.2 Å². The minimum atomic E-state index is -0.414. The fourth-order valence-electron chi connectivity index (χ4n) is 2.59. The van der Waals surface area contributed by atoms with Crippen LogP contribution in [0.4, 0.5) is 5.69 Å². The summed E-state index contributed by atoms with van der Waals surface area (Å²) in [7, 11) is 1.41. The molecule has 2 aliphatic rings. The third-order valence-electron chi connectivity index (χ3n) is 4.91. The van der Waals surface area contributed by atoms with Gasteiger partial charge in [0.2, 0.25) is 0 Å². The zero-order valence-corrected chi connectivity index (χ0v) is 13.8. The van der Waals surface area contributed by atoms with Crippen molar-refractivity contribution in [2.45, 2.75) is 45.1 Å². The van der Waals surface area contributed by atoms with E-state index in [0.717, 1.165) is 16.7 Å². The van der Waals surface area contributed by atoms with E-state index in [1.165, 1.54) is 0 Å². The molecule has 2 aliphatic heterocycles. The molecule has 4 N–H and O–H groups in total. The molecule has 2 heterocycles. The Kier molecular flexibility index (Phi) is 3.29. The standard InChI is InChI=1S/C15H23BN4O2/c1-14(2)15(3,4)22-16(21-14)9-6-7-10-11(8-9)19-13(18)20(5)12(10)17/h6-8,12H,17H2,1-5H3,(H2,18,19). The molecule has 0 aliphatic carbocycles. The third-order valence-corrected chi connectivity index (χ3v) is 4.91.